The molecule has 2 N–H and O–H groups in total. The number of fused-ring (bicyclic) bond motifs is 1. The zero-order valence-electron chi connectivity index (χ0n) is 18.8. The largest absolute Gasteiger partial charge is 0.381 e. The maximum absolute atomic E-state index is 6.37. The molecule has 2 fully saturated rings. The summed E-state index contributed by atoms with van der Waals surface area (Å²) in [5.41, 5.74) is 3.67. The second kappa shape index (κ2) is 9.24. The Labute approximate surface area is 193 Å². The summed E-state index contributed by atoms with van der Waals surface area (Å²) in [5.74, 6) is 2.25. The number of benzene rings is 1. The van der Waals surface area contributed by atoms with E-state index < -0.39 is 0 Å². The number of anilines is 3. The summed E-state index contributed by atoms with van der Waals surface area (Å²) in [5, 5.41) is 7.79. The van der Waals surface area contributed by atoms with Crippen molar-refractivity contribution in [3.63, 3.8) is 0 Å². The van der Waals surface area contributed by atoms with Crippen molar-refractivity contribution in [2.45, 2.75) is 64.5 Å². The number of hydrogen-bond acceptors (Lipinski definition) is 6. The van der Waals surface area contributed by atoms with Gasteiger partial charge in [-0.1, -0.05) is 24.6 Å². The van der Waals surface area contributed by atoms with Crippen LogP contribution in [0.5, 0.6) is 0 Å². The molecule has 7 nitrogen and oxygen atoms in total. The number of halogens is 1. The lowest BCUT2D eigenvalue weighted by Gasteiger charge is -2.29. The Morgan fingerprint density at radius 1 is 1.06 bits per heavy atom. The average Bonchev–Trinajstić information content (AvgIpc) is 3.15. The van der Waals surface area contributed by atoms with E-state index >= 15 is 0 Å². The third-order valence-corrected chi connectivity index (χ3v) is 7.26. The maximum atomic E-state index is 6.37. The molecule has 3 aromatic rings. The van der Waals surface area contributed by atoms with E-state index in [9.17, 15) is 0 Å². The molecule has 3 heterocycles. The summed E-state index contributed by atoms with van der Waals surface area (Å²) in [4.78, 5) is 14.4. The Bertz CT molecular complexity index is 1090. The van der Waals surface area contributed by atoms with Gasteiger partial charge in [-0.3, -0.25) is 4.57 Å². The van der Waals surface area contributed by atoms with Crippen LogP contribution in [0.25, 0.3) is 11.2 Å². The maximum Gasteiger partial charge on any atom is 0.224 e. The molecule has 8 heteroatoms. The molecule has 1 saturated heterocycles. The Hall–Kier alpha value is -2.38. The van der Waals surface area contributed by atoms with Gasteiger partial charge in [0.2, 0.25) is 11.9 Å². The monoisotopic (exact) mass is 454 g/mol. The number of imidazole rings is 1. The molecular formula is C24H31ClN6O. The normalized spacial score (nSPS) is 22.2. The molecule has 0 radical (unpaired) electrons. The van der Waals surface area contributed by atoms with Gasteiger partial charge in [0.05, 0.1) is 6.20 Å². The van der Waals surface area contributed by atoms with Crippen molar-refractivity contribution in [3.8, 4) is 0 Å². The van der Waals surface area contributed by atoms with E-state index in [0.717, 1.165) is 78.2 Å². The van der Waals surface area contributed by atoms with Crippen molar-refractivity contribution >= 4 is 40.3 Å². The van der Waals surface area contributed by atoms with Crippen molar-refractivity contribution in [2.75, 3.05) is 23.8 Å². The minimum Gasteiger partial charge on any atom is -0.381 e. The molecule has 2 aliphatic rings. The van der Waals surface area contributed by atoms with E-state index in [-0.39, 0.29) is 0 Å². The summed E-state index contributed by atoms with van der Waals surface area (Å²) in [7, 11) is 0. The topological polar surface area (TPSA) is 76.9 Å². The third kappa shape index (κ3) is 4.41. The SMILES string of the molecule is Cc1c(Cl)cccc1Nc1nc2cnc(NC3CCOCC3)nc2n1C1CCC(C)CC1. The third-order valence-electron chi connectivity index (χ3n) is 6.85. The first kappa shape index (κ1) is 21.5. The Balaban J connectivity index is 1.52. The number of hydrogen-bond donors (Lipinski definition) is 2. The van der Waals surface area contributed by atoms with Gasteiger partial charge in [-0.05, 0) is 69.1 Å². The fourth-order valence-electron chi connectivity index (χ4n) is 4.78. The highest BCUT2D eigenvalue weighted by atomic mass is 35.5. The van der Waals surface area contributed by atoms with Crippen molar-refractivity contribution in [3.05, 3.63) is 35.0 Å². The van der Waals surface area contributed by atoms with Crippen LogP contribution in [0, 0.1) is 12.8 Å². The standard InChI is InChI=1S/C24H31ClN6O/c1-15-6-8-18(9-7-15)31-22-21(14-26-23(30-22)27-17-10-12-32-13-11-17)29-24(31)28-20-5-3-4-19(25)16(20)2/h3-5,14-15,17-18H,6-13H2,1-2H3,(H,28,29)(H,26,27,30). The van der Waals surface area contributed by atoms with Crippen LogP contribution >= 0.6 is 11.6 Å². The molecule has 1 aliphatic heterocycles. The van der Waals surface area contributed by atoms with Crippen LogP contribution in [0.3, 0.4) is 0 Å². The zero-order valence-corrected chi connectivity index (χ0v) is 19.5. The van der Waals surface area contributed by atoms with Gasteiger partial charge < -0.3 is 15.4 Å². The summed E-state index contributed by atoms with van der Waals surface area (Å²) < 4.78 is 7.77. The van der Waals surface area contributed by atoms with Crippen LogP contribution in [0.15, 0.2) is 24.4 Å². The second-order valence-corrected chi connectivity index (χ2v) is 9.60. The molecule has 5 rings (SSSR count). The van der Waals surface area contributed by atoms with Crippen LogP contribution in [0.2, 0.25) is 5.02 Å². The molecule has 0 spiro atoms. The molecular weight excluding hydrogens is 424 g/mol. The fraction of sp³-hybridized carbons (Fsp3) is 0.542. The van der Waals surface area contributed by atoms with Crippen molar-refractivity contribution in [2.24, 2.45) is 5.92 Å². The van der Waals surface area contributed by atoms with Gasteiger partial charge in [0.1, 0.15) is 5.52 Å². The van der Waals surface area contributed by atoms with E-state index in [1.54, 1.807) is 0 Å². The highest BCUT2D eigenvalue weighted by Crippen LogP contribution is 2.37. The summed E-state index contributed by atoms with van der Waals surface area (Å²) in [6.45, 7) is 5.93. The van der Waals surface area contributed by atoms with Gasteiger partial charge >= 0.3 is 0 Å². The smallest absolute Gasteiger partial charge is 0.224 e. The van der Waals surface area contributed by atoms with E-state index in [1.807, 2.05) is 31.3 Å². The first-order valence-electron chi connectivity index (χ1n) is 11.7. The van der Waals surface area contributed by atoms with Crippen LogP contribution < -0.4 is 10.6 Å². The number of nitrogens with zero attached hydrogens (tertiary/aromatic N) is 4. The van der Waals surface area contributed by atoms with Crippen LogP contribution in [0.4, 0.5) is 17.6 Å². The number of nitrogens with one attached hydrogen (secondary N) is 2. The predicted molar refractivity (Wildman–Crippen MR) is 129 cm³/mol. The quantitative estimate of drug-likeness (QED) is 0.501. The molecule has 2 aromatic heterocycles. The summed E-state index contributed by atoms with van der Waals surface area (Å²) in [6, 6.07) is 6.62. The van der Waals surface area contributed by atoms with Crippen LogP contribution in [-0.2, 0) is 4.74 Å². The molecule has 0 atom stereocenters. The Morgan fingerprint density at radius 2 is 1.84 bits per heavy atom. The second-order valence-electron chi connectivity index (χ2n) is 9.19. The lowest BCUT2D eigenvalue weighted by Crippen LogP contribution is -2.28. The molecule has 170 valence electrons. The number of rotatable bonds is 5. The van der Waals surface area contributed by atoms with Crippen molar-refractivity contribution < 1.29 is 4.74 Å². The Kier molecular flexibility index (Phi) is 6.20. The van der Waals surface area contributed by atoms with Gasteiger partial charge in [0.15, 0.2) is 5.65 Å². The molecule has 0 bridgehead atoms. The van der Waals surface area contributed by atoms with Gasteiger partial charge in [-0.2, -0.15) is 4.98 Å². The zero-order chi connectivity index (χ0) is 22.1. The first-order valence-corrected chi connectivity index (χ1v) is 12.1. The molecule has 32 heavy (non-hydrogen) atoms. The number of ether oxygens (including phenoxy) is 1. The minimum atomic E-state index is 0.347. The highest BCUT2D eigenvalue weighted by molar-refractivity contribution is 6.31. The molecule has 0 amide bonds. The summed E-state index contributed by atoms with van der Waals surface area (Å²) >= 11 is 6.37. The predicted octanol–water partition coefficient (Wildman–Crippen LogP) is 5.87. The average molecular weight is 455 g/mol. The van der Waals surface area contributed by atoms with E-state index in [2.05, 4.69) is 27.1 Å². The van der Waals surface area contributed by atoms with Gasteiger partial charge in [0, 0.05) is 36.0 Å². The molecule has 1 aliphatic carbocycles. The van der Waals surface area contributed by atoms with E-state index in [4.69, 9.17) is 26.3 Å². The van der Waals surface area contributed by atoms with Crippen LogP contribution in [-0.4, -0.2) is 38.8 Å². The Morgan fingerprint density at radius 3 is 2.62 bits per heavy atom. The van der Waals surface area contributed by atoms with Crippen LogP contribution in [0.1, 0.15) is 57.1 Å². The van der Waals surface area contributed by atoms with Gasteiger partial charge in [0.25, 0.3) is 0 Å². The lowest BCUT2D eigenvalue weighted by atomic mass is 9.87. The van der Waals surface area contributed by atoms with Crippen molar-refractivity contribution in [1.82, 2.24) is 19.5 Å². The molecule has 1 aromatic carbocycles. The van der Waals surface area contributed by atoms with Gasteiger partial charge in [-0.15, -0.1) is 0 Å². The van der Waals surface area contributed by atoms with Crippen molar-refractivity contribution in [1.29, 1.82) is 0 Å². The summed E-state index contributed by atoms with van der Waals surface area (Å²) in [6.07, 6.45) is 8.48. The molecule has 1 saturated carbocycles. The fourth-order valence-corrected chi connectivity index (χ4v) is 4.96. The van der Waals surface area contributed by atoms with E-state index in [1.165, 1.54) is 12.8 Å². The first-order chi connectivity index (χ1) is 15.6. The lowest BCUT2D eigenvalue weighted by molar-refractivity contribution is 0.0903. The minimum absolute atomic E-state index is 0.347. The van der Waals surface area contributed by atoms with Gasteiger partial charge in [-0.25, -0.2) is 9.97 Å². The molecule has 0 unspecified atom stereocenters. The number of aromatic nitrogens is 4. The highest BCUT2D eigenvalue weighted by Gasteiger charge is 2.26. The van der Waals surface area contributed by atoms with E-state index in [0.29, 0.717) is 18.0 Å².